The molecule has 0 aliphatic carbocycles. The van der Waals surface area contributed by atoms with Gasteiger partial charge in [-0.05, 0) is 23.6 Å². The molecule has 1 fully saturated rings. The maximum Gasteiger partial charge on any atom is 0.280 e. The van der Waals surface area contributed by atoms with Crippen LogP contribution in [0.3, 0.4) is 0 Å². The molecule has 0 spiro atoms. The van der Waals surface area contributed by atoms with Crippen LogP contribution in [0.25, 0.3) is 0 Å². The van der Waals surface area contributed by atoms with Gasteiger partial charge in [0.1, 0.15) is 5.82 Å². The summed E-state index contributed by atoms with van der Waals surface area (Å²) in [6.45, 7) is 2.86. The first-order chi connectivity index (χ1) is 12.7. The number of quaternary nitrogens is 1. The van der Waals surface area contributed by atoms with Crippen molar-refractivity contribution >= 4 is 46.0 Å². The van der Waals surface area contributed by atoms with E-state index in [4.69, 9.17) is 11.6 Å². The molecule has 3 N–H and O–H groups in total. The van der Waals surface area contributed by atoms with Crippen LogP contribution in [0.2, 0.25) is 4.34 Å². The van der Waals surface area contributed by atoms with Crippen molar-refractivity contribution < 1.29 is 10.1 Å². The zero-order valence-corrected chi connectivity index (χ0v) is 16.5. The van der Waals surface area contributed by atoms with Crippen LogP contribution in [0.5, 0.6) is 0 Å². The second kappa shape index (κ2) is 7.92. The van der Waals surface area contributed by atoms with Crippen molar-refractivity contribution in [2.45, 2.75) is 25.3 Å². The van der Waals surface area contributed by atoms with Gasteiger partial charge in [-0.15, -0.1) is 11.3 Å². The summed E-state index contributed by atoms with van der Waals surface area (Å²) in [5, 5.41) is 14.2. The second-order valence-corrected chi connectivity index (χ2v) is 8.96. The van der Waals surface area contributed by atoms with Crippen LogP contribution in [-0.4, -0.2) is 28.8 Å². The van der Waals surface area contributed by atoms with Crippen LogP contribution in [0, 0.1) is 0 Å². The average Bonchev–Trinajstić information content (AvgIpc) is 3.41. The summed E-state index contributed by atoms with van der Waals surface area (Å²) < 4.78 is 2.29. The molecule has 0 saturated carbocycles. The van der Waals surface area contributed by atoms with E-state index >= 15 is 0 Å². The number of piperidine rings is 1. The van der Waals surface area contributed by atoms with Gasteiger partial charge in [-0.2, -0.15) is 21.1 Å². The number of thiophene rings is 2. The van der Waals surface area contributed by atoms with Gasteiger partial charge in [0.25, 0.3) is 5.91 Å². The molecule has 1 saturated heterocycles. The quantitative estimate of drug-likeness (QED) is 0.681. The third-order valence-corrected chi connectivity index (χ3v) is 6.53. The summed E-state index contributed by atoms with van der Waals surface area (Å²) in [4.78, 5) is 14.0. The fourth-order valence-electron chi connectivity index (χ4n) is 3.24. The molecule has 0 amide bonds. The smallest absolute Gasteiger partial charge is 0.280 e. The predicted octanol–water partition coefficient (Wildman–Crippen LogP) is 3.40. The highest BCUT2D eigenvalue weighted by Gasteiger charge is 2.24. The molecule has 136 valence electrons. The summed E-state index contributed by atoms with van der Waals surface area (Å²) in [6.07, 6.45) is 2.20. The average molecular weight is 408 g/mol. The van der Waals surface area contributed by atoms with Crippen LogP contribution in [0.1, 0.15) is 39.7 Å². The number of nitrogens with zero attached hydrogens (tertiary/aromatic N) is 2. The number of nitrogens with one attached hydrogen (secondary N) is 1. The second-order valence-electron chi connectivity index (χ2n) is 6.38. The lowest BCUT2D eigenvalue weighted by molar-refractivity contribution is -0.663. The monoisotopic (exact) mass is 407 g/mol. The Kier molecular flexibility index (Phi) is 5.40. The zero-order valence-electron chi connectivity index (χ0n) is 14.2. The third-order valence-electron chi connectivity index (χ3n) is 4.62. The number of anilines is 1. The zero-order chi connectivity index (χ0) is 17.9. The lowest BCUT2D eigenvalue weighted by Gasteiger charge is -2.17. The van der Waals surface area contributed by atoms with E-state index in [-0.39, 0.29) is 5.91 Å². The molecule has 1 aliphatic heterocycles. The Morgan fingerprint density at radius 2 is 2.19 bits per heavy atom. The van der Waals surface area contributed by atoms with E-state index in [0.717, 1.165) is 46.7 Å². The van der Waals surface area contributed by atoms with Gasteiger partial charge in [0.2, 0.25) is 0 Å². The Hall–Kier alpha value is -1.67. The van der Waals surface area contributed by atoms with Crippen molar-refractivity contribution in [1.29, 1.82) is 0 Å². The first-order valence-electron chi connectivity index (χ1n) is 8.67. The molecule has 1 aliphatic rings. The number of halogens is 1. The molecule has 3 aromatic rings. The number of rotatable bonds is 5. The van der Waals surface area contributed by atoms with Gasteiger partial charge in [-0.3, -0.25) is 4.79 Å². The van der Waals surface area contributed by atoms with Crippen LogP contribution < -0.4 is 10.6 Å². The molecule has 0 radical (unpaired) electrons. The van der Waals surface area contributed by atoms with Gasteiger partial charge in [0, 0.05) is 35.1 Å². The summed E-state index contributed by atoms with van der Waals surface area (Å²) >= 11 is 9.07. The van der Waals surface area contributed by atoms with Crippen molar-refractivity contribution in [3.05, 3.63) is 55.5 Å². The SMILES string of the molecule is O=C(c1ccsc1)n1nc(C2CC[NH2+]CC2)cc1NCc1ccc(Cl)s1. The van der Waals surface area contributed by atoms with Crippen molar-refractivity contribution in [3.63, 3.8) is 0 Å². The van der Waals surface area contributed by atoms with E-state index in [1.807, 2.05) is 35.0 Å². The maximum atomic E-state index is 12.9. The molecule has 4 rings (SSSR count). The normalized spacial score (nSPS) is 15.3. The van der Waals surface area contributed by atoms with Crippen molar-refractivity contribution in [1.82, 2.24) is 9.78 Å². The fourth-order valence-corrected chi connectivity index (χ4v) is 4.89. The number of hydrogen-bond acceptors (Lipinski definition) is 5. The Labute approximate surface area is 165 Å². The highest BCUT2D eigenvalue weighted by atomic mass is 35.5. The molecular formula is C18H20ClN4OS2+. The van der Waals surface area contributed by atoms with Crippen LogP contribution in [-0.2, 0) is 6.54 Å². The molecule has 0 bridgehead atoms. The first-order valence-corrected chi connectivity index (χ1v) is 10.8. The van der Waals surface area contributed by atoms with E-state index in [0.29, 0.717) is 18.0 Å². The van der Waals surface area contributed by atoms with Crippen LogP contribution >= 0.6 is 34.3 Å². The van der Waals surface area contributed by atoms with E-state index in [1.165, 1.54) is 27.4 Å². The standard InChI is InChI=1S/C18H19ClN4OS2/c19-16-2-1-14(26-16)10-21-17-9-15(12-3-6-20-7-4-12)22-23(17)18(24)13-5-8-25-11-13/h1-2,5,8-9,11-12,20-21H,3-4,6-7,10H2/p+1. The van der Waals surface area contributed by atoms with E-state index in [9.17, 15) is 4.79 Å². The molecule has 4 heterocycles. The highest BCUT2D eigenvalue weighted by Crippen LogP contribution is 2.27. The minimum Gasteiger partial charge on any atom is -0.365 e. The molecule has 0 unspecified atom stereocenters. The van der Waals surface area contributed by atoms with E-state index in [1.54, 1.807) is 0 Å². The molecule has 8 heteroatoms. The molecule has 0 atom stereocenters. The predicted molar refractivity (Wildman–Crippen MR) is 107 cm³/mol. The molecule has 26 heavy (non-hydrogen) atoms. The van der Waals surface area contributed by atoms with E-state index < -0.39 is 0 Å². The van der Waals surface area contributed by atoms with Crippen LogP contribution in [0.15, 0.2) is 35.0 Å². The number of hydrogen-bond donors (Lipinski definition) is 2. The molecular weight excluding hydrogens is 388 g/mol. The fraction of sp³-hybridized carbons (Fsp3) is 0.333. The Bertz CT molecular complexity index is 881. The largest absolute Gasteiger partial charge is 0.365 e. The highest BCUT2D eigenvalue weighted by molar-refractivity contribution is 7.16. The minimum absolute atomic E-state index is 0.0911. The number of carbonyl (C=O) groups is 1. The molecule has 0 aromatic carbocycles. The minimum atomic E-state index is -0.0911. The van der Waals surface area contributed by atoms with Crippen molar-refractivity contribution in [3.8, 4) is 0 Å². The summed E-state index contributed by atoms with van der Waals surface area (Å²) in [6, 6.07) is 7.77. The van der Waals surface area contributed by atoms with Crippen LogP contribution in [0.4, 0.5) is 5.82 Å². The third kappa shape index (κ3) is 3.86. The Morgan fingerprint density at radius 3 is 2.88 bits per heavy atom. The van der Waals surface area contributed by atoms with Gasteiger partial charge in [0.05, 0.1) is 35.2 Å². The summed E-state index contributed by atoms with van der Waals surface area (Å²) in [5.74, 6) is 1.08. The van der Waals surface area contributed by atoms with Gasteiger partial charge < -0.3 is 10.6 Å². The number of aromatic nitrogens is 2. The maximum absolute atomic E-state index is 12.9. The molecule has 3 aromatic heterocycles. The lowest BCUT2D eigenvalue weighted by Crippen LogP contribution is -2.86. The number of carbonyl (C=O) groups excluding carboxylic acids is 1. The lowest BCUT2D eigenvalue weighted by atomic mass is 9.95. The molecule has 5 nitrogen and oxygen atoms in total. The summed E-state index contributed by atoms with van der Waals surface area (Å²) in [7, 11) is 0. The number of nitrogens with two attached hydrogens (primary N) is 1. The topological polar surface area (TPSA) is 63.5 Å². The van der Waals surface area contributed by atoms with Gasteiger partial charge in [-0.25, -0.2) is 0 Å². The van der Waals surface area contributed by atoms with Crippen molar-refractivity contribution in [2.75, 3.05) is 18.4 Å². The Morgan fingerprint density at radius 1 is 1.35 bits per heavy atom. The van der Waals surface area contributed by atoms with Gasteiger partial charge in [0.15, 0.2) is 0 Å². The van der Waals surface area contributed by atoms with Gasteiger partial charge >= 0.3 is 0 Å². The van der Waals surface area contributed by atoms with E-state index in [2.05, 4.69) is 15.7 Å². The Balaban J connectivity index is 1.60. The van der Waals surface area contributed by atoms with Crippen molar-refractivity contribution in [2.24, 2.45) is 0 Å². The van der Waals surface area contributed by atoms with Gasteiger partial charge in [-0.1, -0.05) is 11.6 Å². The first kappa shape index (κ1) is 17.7. The summed E-state index contributed by atoms with van der Waals surface area (Å²) in [5.41, 5.74) is 1.68.